The SMILES string of the molecule is Cc1occc1C1=NC(C(C)C)C(=O)N1. The van der Waals surface area contributed by atoms with E-state index in [1.54, 1.807) is 6.26 Å². The second-order valence-electron chi connectivity index (χ2n) is 4.05. The van der Waals surface area contributed by atoms with Crippen LogP contribution in [0.5, 0.6) is 0 Å². The number of aryl methyl sites for hydroxylation is 1. The van der Waals surface area contributed by atoms with Crippen molar-refractivity contribution in [3.63, 3.8) is 0 Å². The fourth-order valence-electron chi connectivity index (χ4n) is 1.64. The van der Waals surface area contributed by atoms with Crippen LogP contribution in [-0.4, -0.2) is 17.8 Å². The smallest absolute Gasteiger partial charge is 0.250 e. The number of nitrogens with one attached hydrogen (secondary N) is 1. The summed E-state index contributed by atoms with van der Waals surface area (Å²) in [5, 5.41) is 2.78. The first-order chi connectivity index (χ1) is 7.09. The van der Waals surface area contributed by atoms with Crippen molar-refractivity contribution in [3.8, 4) is 0 Å². The average Bonchev–Trinajstić information content (AvgIpc) is 2.71. The first-order valence-electron chi connectivity index (χ1n) is 5.02. The molecule has 4 heteroatoms. The maximum atomic E-state index is 11.6. The first-order valence-corrected chi connectivity index (χ1v) is 5.02. The lowest BCUT2D eigenvalue weighted by molar-refractivity contribution is -0.120. The highest BCUT2D eigenvalue weighted by atomic mass is 16.3. The van der Waals surface area contributed by atoms with Gasteiger partial charge in [0.2, 0.25) is 0 Å². The van der Waals surface area contributed by atoms with Crippen LogP contribution in [0.25, 0.3) is 0 Å². The third kappa shape index (κ3) is 1.67. The van der Waals surface area contributed by atoms with E-state index in [1.165, 1.54) is 0 Å². The minimum atomic E-state index is -0.269. The van der Waals surface area contributed by atoms with Gasteiger partial charge in [-0.1, -0.05) is 13.8 Å². The van der Waals surface area contributed by atoms with Crippen LogP contribution in [0, 0.1) is 12.8 Å². The van der Waals surface area contributed by atoms with Gasteiger partial charge in [-0.15, -0.1) is 0 Å². The van der Waals surface area contributed by atoms with E-state index in [2.05, 4.69) is 10.3 Å². The lowest BCUT2D eigenvalue weighted by Crippen LogP contribution is -2.31. The van der Waals surface area contributed by atoms with Crippen LogP contribution in [-0.2, 0) is 4.79 Å². The van der Waals surface area contributed by atoms with Crippen LogP contribution in [0.2, 0.25) is 0 Å². The Morgan fingerprint density at radius 3 is 2.73 bits per heavy atom. The number of furan rings is 1. The van der Waals surface area contributed by atoms with Gasteiger partial charge in [-0.25, -0.2) is 0 Å². The fourth-order valence-corrected chi connectivity index (χ4v) is 1.64. The highest BCUT2D eigenvalue weighted by Gasteiger charge is 2.30. The summed E-state index contributed by atoms with van der Waals surface area (Å²) >= 11 is 0. The number of aliphatic imine (C=N–C) groups is 1. The number of carbonyl (C=O) groups is 1. The molecule has 1 unspecified atom stereocenters. The second kappa shape index (κ2) is 3.53. The Morgan fingerprint density at radius 1 is 1.53 bits per heavy atom. The second-order valence-corrected chi connectivity index (χ2v) is 4.05. The third-order valence-corrected chi connectivity index (χ3v) is 2.52. The molecule has 1 aromatic rings. The molecule has 1 aliphatic heterocycles. The predicted octanol–water partition coefficient (Wildman–Crippen LogP) is 1.49. The molecule has 2 rings (SSSR count). The normalized spacial score (nSPS) is 20.7. The Hall–Kier alpha value is -1.58. The van der Waals surface area contributed by atoms with Crippen LogP contribution in [0.4, 0.5) is 0 Å². The molecule has 0 aromatic carbocycles. The lowest BCUT2D eigenvalue weighted by atomic mass is 10.1. The maximum Gasteiger partial charge on any atom is 0.250 e. The molecule has 0 saturated heterocycles. The lowest BCUT2D eigenvalue weighted by Gasteiger charge is -2.06. The van der Waals surface area contributed by atoms with Gasteiger partial charge in [0, 0.05) is 0 Å². The molecule has 15 heavy (non-hydrogen) atoms. The molecule has 0 aliphatic carbocycles. The summed E-state index contributed by atoms with van der Waals surface area (Å²) in [6.07, 6.45) is 1.60. The van der Waals surface area contributed by atoms with Crippen LogP contribution in [0.15, 0.2) is 21.7 Å². The molecular weight excluding hydrogens is 192 g/mol. The van der Waals surface area contributed by atoms with E-state index in [9.17, 15) is 4.79 Å². The number of carbonyl (C=O) groups excluding carboxylic acids is 1. The first kappa shape index (κ1) is 9.96. The number of rotatable bonds is 2. The number of hydrogen-bond acceptors (Lipinski definition) is 3. The number of hydrogen-bond donors (Lipinski definition) is 1. The predicted molar refractivity (Wildman–Crippen MR) is 56.8 cm³/mol. The Labute approximate surface area is 88.4 Å². The van der Waals surface area contributed by atoms with Crippen molar-refractivity contribution in [1.82, 2.24) is 5.32 Å². The molecule has 1 aliphatic rings. The van der Waals surface area contributed by atoms with E-state index < -0.39 is 0 Å². The third-order valence-electron chi connectivity index (χ3n) is 2.52. The van der Waals surface area contributed by atoms with Gasteiger partial charge in [-0.2, -0.15) is 0 Å². The number of nitrogens with zero attached hydrogens (tertiary/aromatic N) is 1. The van der Waals surface area contributed by atoms with E-state index in [-0.39, 0.29) is 17.9 Å². The van der Waals surface area contributed by atoms with Crippen molar-refractivity contribution in [1.29, 1.82) is 0 Å². The molecule has 0 spiro atoms. The summed E-state index contributed by atoms with van der Waals surface area (Å²) in [5.41, 5.74) is 0.867. The Bertz CT molecular complexity index is 418. The summed E-state index contributed by atoms with van der Waals surface area (Å²) in [6.45, 7) is 5.82. The van der Waals surface area contributed by atoms with Crippen molar-refractivity contribution in [2.75, 3.05) is 0 Å². The van der Waals surface area contributed by atoms with Gasteiger partial charge < -0.3 is 9.73 Å². The minimum Gasteiger partial charge on any atom is -0.469 e. The standard InChI is InChI=1S/C11H14N2O2/c1-6(2)9-11(14)13-10(12-9)8-4-5-15-7(8)3/h4-6,9H,1-3H3,(H,12,13,14). The highest BCUT2D eigenvalue weighted by molar-refractivity contribution is 6.14. The average molecular weight is 206 g/mol. The monoisotopic (exact) mass is 206 g/mol. The van der Waals surface area contributed by atoms with Crippen LogP contribution in [0.3, 0.4) is 0 Å². The van der Waals surface area contributed by atoms with Crippen molar-refractivity contribution >= 4 is 11.7 Å². The van der Waals surface area contributed by atoms with E-state index in [1.807, 2.05) is 26.8 Å². The van der Waals surface area contributed by atoms with E-state index in [0.717, 1.165) is 11.3 Å². The molecular formula is C11H14N2O2. The zero-order chi connectivity index (χ0) is 11.0. The van der Waals surface area contributed by atoms with Crippen molar-refractivity contribution < 1.29 is 9.21 Å². The minimum absolute atomic E-state index is 0.0272. The molecule has 0 bridgehead atoms. The molecule has 0 saturated carbocycles. The van der Waals surface area contributed by atoms with E-state index >= 15 is 0 Å². The summed E-state index contributed by atoms with van der Waals surface area (Å²) in [4.78, 5) is 15.9. The van der Waals surface area contributed by atoms with Crippen LogP contribution < -0.4 is 5.32 Å². The topological polar surface area (TPSA) is 54.6 Å². The summed E-state index contributed by atoms with van der Waals surface area (Å²) in [7, 11) is 0. The van der Waals surface area contributed by atoms with Gasteiger partial charge >= 0.3 is 0 Å². The zero-order valence-electron chi connectivity index (χ0n) is 9.07. The Kier molecular flexibility index (Phi) is 2.34. The van der Waals surface area contributed by atoms with Crippen molar-refractivity contribution in [3.05, 3.63) is 23.7 Å². The Balaban J connectivity index is 2.30. The van der Waals surface area contributed by atoms with Crippen molar-refractivity contribution in [2.45, 2.75) is 26.8 Å². The van der Waals surface area contributed by atoms with Gasteiger partial charge in [0.15, 0.2) is 0 Å². The fraction of sp³-hybridized carbons (Fsp3) is 0.455. The summed E-state index contributed by atoms with van der Waals surface area (Å²) in [5.74, 6) is 1.60. The molecule has 4 nitrogen and oxygen atoms in total. The van der Waals surface area contributed by atoms with Crippen LogP contribution in [0.1, 0.15) is 25.2 Å². The molecule has 80 valence electrons. The van der Waals surface area contributed by atoms with E-state index in [0.29, 0.717) is 5.84 Å². The van der Waals surface area contributed by atoms with Gasteiger partial charge in [0.1, 0.15) is 17.6 Å². The number of amides is 1. The quantitative estimate of drug-likeness (QED) is 0.797. The largest absolute Gasteiger partial charge is 0.469 e. The van der Waals surface area contributed by atoms with Gasteiger partial charge in [0.25, 0.3) is 5.91 Å². The van der Waals surface area contributed by atoms with Gasteiger partial charge in [-0.05, 0) is 18.9 Å². The highest BCUT2D eigenvalue weighted by Crippen LogP contribution is 2.17. The van der Waals surface area contributed by atoms with Gasteiger partial charge in [-0.3, -0.25) is 9.79 Å². The molecule has 0 fully saturated rings. The molecule has 1 amide bonds. The molecule has 2 heterocycles. The number of amidine groups is 1. The molecule has 1 N–H and O–H groups in total. The molecule has 1 aromatic heterocycles. The van der Waals surface area contributed by atoms with Crippen LogP contribution >= 0.6 is 0 Å². The van der Waals surface area contributed by atoms with Crippen molar-refractivity contribution in [2.24, 2.45) is 10.9 Å². The Morgan fingerprint density at radius 2 is 2.27 bits per heavy atom. The molecule has 0 radical (unpaired) electrons. The molecule has 1 atom stereocenters. The summed E-state index contributed by atoms with van der Waals surface area (Å²) in [6, 6.07) is 1.55. The van der Waals surface area contributed by atoms with Gasteiger partial charge in [0.05, 0.1) is 11.8 Å². The summed E-state index contributed by atoms with van der Waals surface area (Å²) < 4.78 is 5.18. The van der Waals surface area contributed by atoms with E-state index in [4.69, 9.17) is 4.42 Å². The maximum absolute atomic E-state index is 11.6. The zero-order valence-corrected chi connectivity index (χ0v) is 9.07.